The van der Waals surface area contributed by atoms with E-state index in [4.69, 9.17) is 5.73 Å². The number of aromatic nitrogens is 2. The van der Waals surface area contributed by atoms with Gasteiger partial charge in [0.15, 0.2) is 0 Å². The number of rotatable bonds is 2. The first-order chi connectivity index (χ1) is 5.22. The number of hydrogen-bond acceptors (Lipinski definition) is 2. The highest BCUT2D eigenvalue weighted by molar-refractivity contribution is 5.82. The highest BCUT2D eigenvalue weighted by atomic mass is 15.2. The largest absolute Gasteiger partial charge is 0.387 e. The fourth-order valence-corrected chi connectivity index (χ4v) is 0.711. The van der Waals surface area contributed by atoms with E-state index in [1.807, 2.05) is 20.2 Å². The molecule has 0 fully saturated rings. The van der Waals surface area contributed by atoms with Crippen molar-refractivity contribution in [1.29, 1.82) is 0 Å². The van der Waals surface area contributed by atoms with Gasteiger partial charge in [0.2, 0.25) is 0 Å². The summed E-state index contributed by atoms with van der Waals surface area (Å²) in [7, 11) is 1.85. The van der Waals surface area contributed by atoms with Crippen molar-refractivity contribution in [3.05, 3.63) is 12.4 Å². The number of aliphatic imine (C=N–C) groups is 1. The predicted octanol–water partition coefficient (Wildman–Crippen LogP) is 0.819. The maximum Gasteiger partial charge on any atom is 0.103 e. The van der Waals surface area contributed by atoms with Gasteiger partial charge in [0.1, 0.15) is 5.69 Å². The summed E-state index contributed by atoms with van der Waals surface area (Å²) in [6, 6.07) is 0. The van der Waals surface area contributed by atoms with Gasteiger partial charge in [0.05, 0.1) is 18.2 Å². The van der Waals surface area contributed by atoms with Crippen molar-refractivity contribution in [3.8, 4) is 0 Å². The van der Waals surface area contributed by atoms with Crippen molar-refractivity contribution in [3.63, 3.8) is 0 Å². The third-order valence-electron chi connectivity index (χ3n) is 1.33. The summed E-state index contributed by atoms with van der Waals surface area (Å²) < 4.78 is 1.70. The molecule has 0 aliphatic carbocycles. The predicted molar refractivity (Wildman–Crippen MR) is 44.8 cm³/mol. The van der Waals surface area contributed by atoms with E-state index in [1.165, 1.54) is 0 Å². The van der Waals surface area contributed by atoms with E-state index >= 15 is 0 Å². The van der Waals surface area contributed by atoms with Gasteiger partial charge in [0.25, 0.3) is 0 Å². The summed E-state index contributed by atoms with van der Waals surface area (Å²) in [4.78, 5) is 4.11. The van der Waals surface area contributed by atoms with Gasteiger partial charge in [-0.05, 0) is 0 Å². The molecule has 11 heavy (non-hydrogen) atoms. The molecule has 0 aliphatic heterocycles. The molecule has 1 aromatic heterocycles. The van der Waals surface area contributed by atoms with Crippen LogP contribution in [0.5, 0.6) is 0 Å². The molecular weight excluding hydrogens is 140 g/mol. The molecule has 0 saturated carbocycles. The SMILES string of the molecule is CCC(N)=Nc1cnn(C)c1. The highest BCUT2D eigenvalue weighted by Crippen LogP contribution is 2.08. The average molecular weight is 152 g/mol. The number of aryl methyl sites for hydroxylation is 1. The lowest BCUT2D eigenvalue weighted by Gasteiger charge is -1.90. The minimum atomic E-state index is 0.637. The van der Waals surface area contributed by atoms with Gasteiger partial charge < -0.3 is 5.73 Å². The molecule has 2 N–H and O–H groups in total. The number of amidine groups is 1. The topological polar surface area (TPSA) is 56.2 Å². The zero-order chi connectivity index (χ0) is 8.27. The fraction of sp³-hybridized carbons (Fsp3) is 0.429. The molecule has 0 spiro atoms. The van der Waals surface area contributed by atoms with E-state index in [2.05, 4.69) is 10.1 Å². The van der Waals surface area contributed by atoms with Gasteiger partial charge in [-0.1, -0.05) is 6.92 Å². The molecule has 0 saturated heterocycles. The minimum Gasteiger partial charge on any atom is -0.387 e. The maximum atomic E-state index is 5.53. The van der Waals surface area contributed by atoms with Crippen LogP contribution in [-0.4, -0.2) is 15.6 Å². The van der Waals surface area contributed by atoms with E-state index in [0.717, 1.165) is 12.1 Å². The van der Waals surface area contributed by atoms with E-state index in [1.54, 1.807) is 10.9 Å². The van der Waals surface area contributed by atoms with E-state index in [9.17, 15) is 0 Å². The van der Waals surface area contributed by atoms with Crippen LogP contribution in [0.4, 0.5) is 5.69 Å². The third kappa shape index (κ3) is 2.07. The fourth-order valence-electron chi connectivity index (χ4n) is 0.711. The average Bonchev–Trinajstić information content (AvgIpc) is 2.35. The molecule has 0 atom stereocenters. The first-order valence-electron chi connectivity index (χ1n) is 3.54. The Hall–Kier alpha value is -1.32. The smallest absolute Gasteiger partial charge is 0.103 e. The molecule has 4 nitrogen and oxygen atoms in total. The lowest BCUT2D eigenvalue weighted by atomic mass is 10.4. The Balaban J connectivity index is 2.78. The molecule has 1 rings (SSSR count). The molecule has 1 aromatic rings. The van der Waals surface area contributed by atoms with Crippen LogP contribution >= 0.6 is 0 Å². The van der Waals surface area contributed by atoms with Gasteiger partial charge in [-0.25, -0.2) is 4.99 Å². The number of nitrogens with two attached hydrogens (primary N) is 1. The molecule has 60 valence electrons. The second-order valence-electron chi connectivity index (χ2n) is 2.33. The monoisotopic (exact) mass is 152 g/mol. The second-order valence-corrected chi connectivity index (χ2v) is 2.33. The van der Waals surface area contributed by atoms with Crippen molar-refractivity contribution < 1.29 is 0 Å². The molecular formula is C7H12N4. The number of hydrogen-bond donors (Lipinski definition) is 1. The number of nitrogens with zero attached hydrogens (tertiary/aromatic N) is 3. The zero-order valence-electron chi connectivity index (χ0n) is 6.78. The van der Waals surface area contributed by atoms with Crippen LogP contribution in [0.25, 0.3) is 0 Å². The lowest BCUT2D eigenvalue weighted by molar-refractivity contribution is 0.768. The summed E-state index contributed by atoms with van der Waals surface area (Å²) in [5, 5.41) is 3.96. The Bertz CT molecular complexity index is 261. The van der Waals surface area contributed by atoms with E-state index < -0.39 is 0 Å². The molecule has 0 bridgehead atoms. The van der Waals surface area contributed by atoms with E-state index in [0.29, 0.717) is 5.84 Å². The van der Waals surface area contributed by atoms with Crippen LogP contribution in [0, 0.1) is 0 Å². The molecule has 0 aliphatic rings. The Kier molecular flexibility index (Phi) is 2.25. The maximum absolute atomic E-state index is 5.53. The van der Waals surface area contributed by atoms with Crippen molar-refractivity contribution in [2.75, 3.05) is 0 Å². The van der Waals surface area contributed by atoms with Crippen molar-refractivity contribution in [2.45, 2.75) is 13.3 Å². The Morgan fingerprint density at radius 2 is 2.55 bits per heavy atom. The summed E-state index contributed by atoms with van der Waals surface area (Å²) in [6.45, 7) is 1.97. The second kappa shape index (κ2) is 3.18. The minimum absolute atomic E-state index is 0.637. The molecule has 0 unspecified atom stereocenters. The van der Waals surface area contributed by atoms with Gasteiger partial charge in [-0.3, -0.25) is 4.68 Å². The van der Waals surface area contributed by atoms with Gasteiger partial charge in [0, 0.05) is 13.5 Å². The van der Waals surface area contributed by atoms with Crippen LogP contribution in [0.1, 0.15) is 13.3 Å². The molecule has 0 aromatic carbocycles. The van der Waals surface area contributed by atoms with Crippen molar-refractivity contribution in [1.82, 2.24) is 9.78 Å². The quantitative estimate of drug-likeness (QED) is 0.504. The molecule has 0 radical (unpaired) electrons. The zero-order valence-corrected chi connectivity index (χ0v) is 6.78. The summed E-state index contributed by atoms with van der Waals surface area (Å²) in [6.07, 6.45) is 4.28. The Labute approximate surface area is 65.7 Å². The first-order valence-corrected chi connectivity index (χ1v) is 3.54. The van der Waals surface area contributed by atoms with Gasteiger partial charge in [-0.2, -0.15) is 5.10 Å². The summed E-state index contributed by atoms with van der Waals surface area (Å²) in [5.41, 5.74) is 6.34. The van der Waals surface area contributed by atoms with Crippen molar-refractivity contribution in [2.24, 2.45) is 17.8 Å². The van der Waals surface area contributed by atoms with Crippen molar-refractivity contribution >= 4 is 11.5 Å². The van der Waals surface area contributed by atoms with Gasteiger partial charge in [-0.15, -0.1) is 0 Å². The molecule has 1 heterocycles. The lowest BCUT2D eigenvalue weighted by Crippen LogP contribution is -2.08. The normalized spacial score (nSPS) is 12.0. The highest BCUT2D eigenvalue weighted by Gasteiger charge is 1.92. The Morgan fingerprint density at radius 1 is 1.82 bits per heavy atom. The van der Waals surface area contributed by atoms with Gasteiger partial charge >= 0.3 is 0 Å². The van der Waals surface area contributed by atoms with E-state index in [-0.39, 0.29) is 0 Å². The van der Waals surface area contributed by atoms with Crippen LogP contribution in [0.15, 0.2) is 17.4 Å². The van der Waals surface area contributed by atoms with Crippen LogP contribution < -0.4 is 5.73 Å². The first kappa shape index (κ1) is 7.78. The third-order valence-corrected chi connectivity index (χ3v) is 1.33. The van der Waals surface area contributed by atoms with Crippen LogP contribution in [0.3, 0.4) is 0 Å². The summed E-state index contributed by atoms with van der Waals surface area (Å²) in [5.74, 6) is 0.637. The summed E-state index contributed by atoms with van der Waals surface area (Å²) >= 11 is 0. The Morgan fingerprint density at radius 3 is 3.00 bits per heavy atom. The van der Waals surface area contributed by atoms with Crippen LogP contribution in [0.2, 0.25) is 0 Å². The molecule has 4 heteroatoms. The standard InChI is InChI=1S/C7H12N4/c1-3-7(8)10-6-4-9-11(2)5-6/h4-5H,3H2,1-2H3,(H2,8,10). The molecule has 0 amide bonds. The van der Waals surface area contributed by atoms with Crippen LogP contribution in [-0.2, 0) is 7.05 Å².